The first kappa shape index (κ1) is 6.54. The van der Waals surface area contributed by atoms with Gasteiger partial charge < -0.3 is 9.52 Å². The van der Waals surface area contributed by atoms with Gasteiger partial charge in [0.2, 0.25) is 0 Å². The highest BCUT2D eigenvalue weighted by Gasteiger charge is 2.27. The smallest absolute Gasteiger partial charge is 0.187 e. The summed E-state index contributed by atoms with van der Waals surface area (Å²) in [5.74, 6) is 0.376. The van der Waals surface area contributed by atoms with Crippen LogP contribution in [0.1, 0.15) is 22.7 Å². The summed E-state index contributed by atoms with van der Waals surface area (Å²) in [5.41, 5.74) is 0.385. The number of rotatable bonds is 0. The molecule has 58 valence electrons. The first-order valence-corrected chi connectivity index (χ1v) is 3.41. The molecule has 2 rings (SSSR count). The van der Waals surface area contributed by atoms with Gasteiger partial charge >= 0.3 is 0 Å². The average Bonchev–Trinajstić information content (AvgIpc) is 2.34. The first-order chi connectivity index (χ1) is 5.27. The average molecular weight is 153 g/mol. The van der Waals surface area contributed by atoms with Crippen molar-refractivity contribution in [3.05, 3.63) is 17.8 Å². The second-order valence-electron chi connectivity index (χ2n) is 2.61. The molecule has 1 aromatic heterocycles. The van der Waals surface area contributed by atoms with E-state index in [1.54, 1.807) is 0 Å². The third-order valence-corrected chi connectivity index (χ3v) is 1.75. The molecule has 0 fully saturated rings. The Morgan fingerprint density at radius 3 is 3.27 bits per heavy atom. The number of aliphatic hydroxyl groups is 1. The molecule has 0 bridgehead atoms. The molecule has 0 radical (unpaired) electrons. The zero-order valence-electron chi connectivity index (χ0n) is 5.78. The predicted molar refractivity (Wildman–Crippen MR) is 35.2 cm³/mol. The lowest BCUT2D eigenvalue weighted by atomic mass is 9.98. The van der Waals surface area contributed by atoms with Gasteiger partial charge in [-0.15, -0.1) is 0 Å². The number of aromatic nitrogens is 1. The van der Waals surface area contributed by atoms with E-state index in [9.17, 15) is 4.79 Å². The Kier molecular flexibility index (Phi) is 1.29. The molecule has 1 heterocycles. The van der Waals surface area contributed by atoms with Gasteiger partial charge in [0.25, 0.3) is 0 Å². The van der Waals surface area contributed by atoms with Crippen molar-refractivity contribution in [1.82, 2.24) is 4.98 Å². The number of carbonyl (C=O) groups is 1. The number of ketones is 1. The van der Waals surface area contributed by atoms with Crippen molar-refractivity contribution >= 4 is 5.78 Å². The minimum Gasteiger partial charge on any atom is -0.448 e. The van der Waals surface area contributed by atoms with Gasteiger partial charge in [0.1, 0.15) is 11.5 Å². The zero-order chi connectivity index (χ0) is 7.84. The van der Waals surface area contributed by atoms with Gasteiger partial charge in [-0.1, -0.05) is 0 Å². The number of aliphatic hydroxyl groups excluding tert-OH is 1. The highest BCUT2D eigenvalue weighted by molar-refractivity contribution is 5.96. The van der Waals surface area contributed by atoms with E-state index in [0.717, 1.165) is 0 Å². The molecule has 0 saturated carbocycles. The highest BCUT2D eigenvalue weighted by atomic mass is 16.3. The Bertz CT molecular complexity index is 292. The Morgan fingerprint density at radius 2 is 2.45 bits per heavy atom. The number of carbonyl (C=O) groups excluding carboxylic acids is 1. The molecule has 1 unspecified atom stereocenters. The Labute approximate surface area is 62.9 Å². The summed E-state index contributed by atoms with van der Waals surface area (Å²) < 4.78 is 4.90. The summed E-state index contributed by atoms with van der Waals surface area (Å²) in [6.07, 6.45) is 1.21. The molecule has 1 aliphatic rings. The largest absolute Gasteiger partial charge is 0.448 e. The second kappa shape index (κ2) is 2.17. The molecular weight excluding hydrogens is 146 g/mol. The molecule has 0 saturated heterocycles. The van der Waals surface area contributed by atoms with E-state index >= 15 is 0 Å². The van der Waals surface area contributed by atoms with Crippen LogP contribution in [0, 0.1) is 0 Å². The monoisotopic (exact) mass is 153 g/mol. The minimum absolute atomic E-state index is 0.132. The van der Waals surface area contributed by atoms with E-state index in [-0.39, 0.29) is 12.2 Å². The minimum atomic E-state index is -0.594. The zero-order valence-corrected chi connectivity index (χ0v) is 5.78. The van der Waals surface area contributed by atoms with E-state index in [4.69, 9.17) is 9.52 Å². The second-order valence-corrected chi connectivity index (χ2v) is 2.61. The number of Topliss-reactive ketones (excluding diaryl/α,β-unsaturated/α-hetero) is 1. The lowest BCUT2D eigenvalue weighted by Gasteiger charge is -2.12. The first-order valence-electron chi connectivity index (χ1n) is 3.41. The number of nitrogens with zero attached hydrogens (tertiary/aromatic N) is 1. The molecule has 1 atom stereocenters. The van der Waals surface area contributed by atoms with Crippen molar-refractivity contribution in [1.29, 1.82) is 0 Å². The molecular formula is C7H7NO3. The number of fused-ring (bicyclic) bond motifs is 1. The Morgan fingerprint density at radius 1 is 1.64 bits per heavy atom. The van der Waals surface area contributed by atoms with E-state index in [0.29, 0.717) is 17.9 Å². The molecule has 1 N–H and O–H groups in total. The van der Waals surface area contributed by atoms with Crippen LogP contribution in [0.15, 0.2) is 10.8 Å². The lowest BCUT2D eigenvalue weighted by Crippen LogP contribution is -2.23. The summed E-state index contributed by atoms with van der Waals surface area (Å²) in [6, 6.07) is 0. The van der Waals surface area contributed by atoms with Crippen LogP contribution in [0.25, 0.3) is 0 Å². The quantitative estimate of drug-likeness (QED) is 0.576. The van der Waals surface area contributed by atoms with E-state index in [2.05, 4.69) is 4.98 Å². The fraction of sp³-hybridized carbons (Fsp3) is 0.429. The molecule has 1 aromatic rings. The van der Waals surface area contributed by atoms with Crippen molar-refractivity contribution in [3.8, 4) is 0 Å². The maximum atomic E-state index is 11.1. The number of oxazole rings is 1. The molecule has 0 spiro atoms. The van der Waals surface area contributed by atoms with Crippen molar-refractivity contribution < 1.29 is 14.3 Å². The SMILES string of the molecule is O=C1CC(O)Cc2ocnc21. The standard InChI is InChI=1S/C7H7NO3/c9-4-1-5(10)7-6(2-4)11-3-8-7/h3-4,9H,1-2H2. The summed E-state index contributed by atoms with van der Waals surface area (Å²) in [6.45, 7) is 0. The van der Waals surface area contributed by atoms with Crippen molar-refractivity contribution in [2.75, 3.05) is 0 Å². The van der Waals surface area contributed by atoms with Gasteiger partial charge in [0.05, 0.1) is 6.10 Å². The summed E-state index contributed by atoms with van der Waals surface area (Å²) >= 11 is 0. The van der Waals surface area contributed by atoms with E-state index < -0.39 is 6.10 Å². The van der Waals surface area contributed by atoms with Crippen LogP contribution in [0.4, 0.5) is 0 Å². The summed E-state index contributed by atoms with van der Waals surface area (Å²) in [4.78, 5) is 14.8. The molecule has 0 amide bonds. The lowest BCUT2D eigenvalue weighted by molar-refractivity contribution is 0.0834. The summed E-state index contributed by atoms with van der Waals surface area (Å²) in [7, 11) is 0. The van der Waals surface area contributed by atoms with E-state index in [1.807, 2.05) is 0 Å². The third-order valence-electron chi connectivity index (χ3n) is 1.75. The van der Waals surface area contributed by atoms with Crippen LogP contribution >= 0.6 is 0 Å². The number of hydrogen-bond donors (Lipinski definition) is 1. The molecule has 0 aliphatic heterocycles. The molecule has 1 aliphatic carbocycles. The van der Waals surface area contributed by atoms with Crippen molar-refractivity contribution in [3.63, 3.8) is 0 Å². The van der Waals surface area contributed by atoms with Gasteiger partial charge in [-0.05, 0) is 0 Å². The Balaban J connectivity index is 2.44. The van der Waals surface area contributed by atoms with Crippen LogP contribution < -0.4 is 0 Å². The van der Waals surface area contributed by atoms with Crippen molar-refractivity contribution in [2.24, 2.45) is 0 Å². The molecule has 4 heteroatoms. The van der Waals surface area contributed by atoms with Gasteiger partial charge in [0, 0.05) is 12.8 Å². The molecule has 4 nitrogen and oxygen atoms in total. The van der Waals surface area contributed by atoms with Crippen LogP contribution in [0.2, 0.25) is 0 Å². The molecule has 11 heavy (non-hydrogen) atoms. The van der Waals surface area contributed by atoms with Crippen LogP contribution in [0.3, 0.4) is 0 Å². The van der Waals surface area contributed by atoms with Gasteiger partial charge in [-0.25, -0.2) is 4.98 Å². The number of hydrogen-bond acceptors (Lipinski definition) is 4. The molecule has 0 aromatic carbocycles. The predicted octanol–water partition coefficient (Wildman–Crippen LogP) is 0.164. The maximum absolute atomic E-state index is 11.1. The van der Waals surface area contributed by atoms with Crippen molar-refractivity contribution in [2.45, 2.75) is 18.9 Å². The maximum Gasteiger partial charge on any atom is 0.187 e. The fourth-order valence-corrected chi connectivity index (χ4v) is 1.24. The van der Waals surface area contributed by atoms with Crippen LogP contribution in [-0.4, -0.2) is 22.0 Å². The third kappa shape index (κ3) is 0.952. The van der Waals surface area contributed by atoms with Gasteiger partial charge in [-0.3, -0.25) is 4.79 Å². The normalized spacial score (nSPS) is 23.4. The fourth-order valence-electron chi connectivity index (χ4n) is 1.24. The summed E-state index contributed by atoms with van der Waals surface area (Å²) in [5, 5.41) is 9.14. The van der Waals surface area contributed by atoms with Gasteiger partial charge in [0.15, 0.2) is 12.2 Å². The van der Waals surface area contributed by atoms with Crippen LogP contribution in [0.5, 0.6) is 0 Å². The van der Waals surface area contributed by atoms with Gasteiger partial charge in [-0.2, -0.15) is 0 Å². The topological polar surface area (TPSA) is 63.3 Å². The van der Waals surface area contributed by atoms with Crippen LogP contribution in [-0.2, 0) is 6.42 Å². The highest BCUT2D eigenvalue weighted by Crippen LogP contribution is 2.19. The Hall–Kier alpha value is -1.16. The van der Waals surface area contributed by atoms with E-state index in [1.165, 1.54) is 6.39 Å².